The van der Waals surface area contributed by atoms with E-state index in [1.807, 2.05) is 6.92 Å². The Bertz CT molecular complexity index is 234. The van der Waals surface area contributed by atoms with Gasteiger partial charge in [-0.15, -0.1) is 0 Å². The van der Waals surface area contributed by atoms with Gasteiger partial charge in [-0.2, -0.15) is 5.26 Å². The van der Waals surface area contributed by atoms with Gasteiger partial charge in [-0.1, -0.05) is 35.0 Å². The van der Waals surface area contributed by atoms with Gasteiger partial charge in [-0.25, -0.2) is 0 Å². The van der Waals surface area contributed by atoms with Crippen LogP contribution in [0.2, 0.25) is 0 Å². The minimum absolute atomic E-state index is 0.0439. The molecule has 4 atom stereocenters. The number of halogens is 1. The molecular weight excluding hydrogens is 230 g/mol. The second kappa shape index (κ2) is 4.78. The first-order chi connectivity index (χ1) is 6.20. The van der Waals surface area contributed by atoms with Gasteiger partial charge in [0, 0.05) is 11.2 Å². The van der Waals surface area contributed by atoms with Crippen LogP contribution in [0.1, 0.15) is 13.3 Å². The molecule has 0 aliphatic heterocycles. The molecule has 1 aliphatic carbocycles. The molecule has 0 amide bonds. The zero-order chi connectivity index (χ0) is 9.84. The van der Waals surface area contributed by atoms with Crippen LogP contribution in [0.25, 0.3) is 0 Å². The summed E-state index contributed by atoms with van der Waals surface area (Å²) < 4.78 is 0. The van der Waals surface area contributed by atoms with E-state index in [9.17, 15) is 5.11 Å². The Kier molecular flexibility index (Phi) is 3.95. The van der Waals surface area contributed by atoms with Gasteiger partial charge in [0.2, 0.25) is 0 Å². The number of aliphatic hydroxyl groups is 1. The van der Waals surface area contributed by atoms with Gasteiger partial charge >= 0.3 is 0 Å². The normalized spacial score (nSPS) is 35.4. The van der Waals surface area contributed by atoms with Crippen molar-refractivity contribution in [3.8, 4) is 6.07 Å². The molecule has 3 heteroatoms. The SMILES string of the molecule is C[C@@H]1C=CC[C@H]([C@H](O)CBr)[C@@H]1C#N. The van der Waals surface area contributed by atoms with Crippen LogP contribution in [0.5, 0.6) is 0 Å². The summed E-state index contributed by atoms with van der Waals surface area (Å²) in [4.78, 5) is 0. The topological polar surface area (TPSA) is 44.0 Å². The van der Waals surface area contributed by atoms with E-state index >= 15 is 0 Å². The number of nitriles is 1. The first-order valence-electron chi connectivity index (χ1n) is 4.51. The molecule has 1 rings (SSSR count). The number of rotatable bonds is 2. The first-order valence-corrected chi connectivity index (χ1v) is 5.63. The lowest BCUT2D eigenvalue weighted by molar-refractivity contribution is 0.0948. The van der Waals surface area contributed by atoms with E-state index in [1.54, 1.807) is 0 Å². The molecule has 1 N–H and O–H groups in total. The summed E-state index contributed by atoms with van der Waals surface area (Å²) >= 11 is 3.24. The average molecular weight is 244 g/mol. The number of alkyl halides is 1. The summed E-state index contributed by atoms with van der Waals surface area (Å²) in [6, 6.07) is 2.29. The average Bonchev–Trinajstić information content (AvgIpc) is 2.16. The first kappa shape index (κ1) is 10.7. The highest BCUT2D eigenvalue weighted by molar-refractivity contribution is 9.09. The number of allylic oxidation sites excluding steroid dienone is 2. The van der Waals surface area contributed by atoms with Crippen LogP contribution in [0.4, 0.5) is 0 Å². The van der Waals surface area contributed by atoms with E-state index in [4.69, 9.17) is 5.26 Å². The molecule has 0 spiro atoms. The molecule has 13 heavy (non-hydrogen) atoms. The lowest BCUT2D eigenvalue weighted by Crippen LogP contribution is -2.33. The third-order valence-electron chi connectivity index (χ3n) is 2.68. The number of aliphatic hydroxyl groups excluding tert-OH is 1. The minimum atomic E-state index is -0.406. The van der Waals surface area contributed by atoms with Crippen LogP contribution in [0.15, 0.2) is 12.2 Å². The predicted molar refractivity (Wildman–Crippen MR) is 55.3 cm³/mol. The molecule has 0 radical (unpaired) electrons. The van der Waals surface area contributed by atoms with E-state index < -0.39 is 6.10 Å². The van der Waals surface area contributed by atoms with Gasteiger partial charge < -0.3 is 5.11 Å². The highest BCUT2D eigenvalue weighted by Crippen LogP contribution is 2.32. The molecule has 0 aromatic carbocycles. The number of hydrogen-bond acceptors (Lipinski definition) is 2. The molecule has 0 unspecified atom stereocenters. The van der Waals surface area contributed by atoms with Gasteiger partial charge in [0.1, 0.15) is 0 Å². The zero-order valence-corrected chi connectivity index (χ0v) is 9.24. The molecular formula is C10H14BrNO. The smallest absolute Gasteiger partial charge is 0.0680 e. The van der Waals surface area contributed by atoms with Crippen LogP contribution in [0, 0.1) is 29.1 Å². The van der Waals surface area contributed by atoms with Crippen LogP contribution < -0.4 is 0 Å². The van der Waals surface area contributed by atoms with Gasteiger partial charge in [-0.05, 0) is 12.3 Å². The Morgan fingerprint density at radius 3 is 3.00 bits per heavy atom. The van der Waals surface area contributed by atoms with Crippen LogP contribution in [-0.2, 0) is 0 Å². The number of hydrogen-bond donors (Lipinski definition) is 1. The summed E-state index contributed by atoms with van der Waals surface area (Å²) in [6.07, 6.45) is 4.53. The zero-order valence-electron chi connectivity index (χ0n) is 7.65. The molecule has 0 fully saturated rings. The highest BCUT2D eigenvalue weighted by atomic mass is 79.9. The second-order valence-corrected chi connectivity index (χ2v) is 4.21. The van der Waals surface area contributed by atoms with Crippen LogP contribution in [-0.4, -0.2) is 16.5 Å². The van der Waals surface area contributed by atoms with Crippen molar-refractivity contribution in [3.63, 3.8) is 0 Å². The fourth-order valence-electron chi connectivity index (χ4n) is 1.83. The van der Waals surface area contributed by atoms with E-state index in [1.165, 1.54) is 0 Å². The third-order valence-corrected chi connectivity index (χ3v) is 3.34. The van der Waals surface area contributed by atoms with E-state index in [0.717, 1.165) is 6.42 Å². The Hall–Kier alpha value is -0.330. The maximum atomic E-state index is 9.67. The molecule has 0 aromatic rings. The van der Waals surface area contributed by atoms with Gasteiger partial charge in [0.05, 0.1) is 18.1 Å². The predicted octanol–water partition coefficient (Wildman–Crippen LogP) is 2.09. The molecule has 72 valence electrons. The molecule has 0 aromatic heterocycles. The minimum Gasteiger partial charge on any atom is -0.392 e. The molecule has 1 aliphatic rings. The summed E-state index contributed by atoms with van der Waals surface area (Å²) in [7, 11) is 0. The van der Waals surface area contributed by atoms with E-state index in [2.05, 4.69) is 34.2 Å². The Balaban J connectivity index is 2.74. The van der Waals surface area contributed by atoms with Crippen molar-refractivity contribution >= 4 is 15.9 Å². The Morgan fingerprint density at radius 1 is 1.77 bits per heavy atom. The van der Waals surface area contributed by atoms with Crippen molar-refractivity contribution in [2.75, 3.05) is 5.33 Å². The van der Waals surface area contributed by atoms with Crippen molar-refractivity contribution in [1.29, 1.82) is 5.26 Å². The fraction of sp³-hybridized carbons (Fsp3) is 0.700. The van der Waals surface area contributed by atoms with Gasteiger partial charge in [0.25, 0.3) is 0 Å². The maximum Gasteiger partial charge on any atom is 0.0680 e. The van der Waals surface area contributed by atoms with Gasteiger partial charge in [0.15, 0.2) is 0 Å². The lowest BCUT2D eigenvalue weighted by Gasteiger charge is -2.30. The van der Waals surface area contributed by atoms with Crippen LogP contribution >= 0.6 is 15.9 Å². The lowest BCUT2D eigenvalue weighted by atomic mass is 9.75. The quantitative estimate of drug-likeness (QED) is 0.597. The maximum absolute atomic E-state index is 9.67. The van der Waals surface area contributed by atoms with Crippen molar-refractivity contribution in [2.24, 2.45) is 17.8 Å². The van der Waals surface area contributed by atoms with Crippen LogP contribution in [0.3, 0.4) is 0 Å². The second-order valence-electron chi connectivity index (χ2n) is 3.56. The van der Waals surface area contributed by atoms with Crippen molar-refractivity contribution in [2.45, 2.75) is 19.4 Å². The summed E-state index contributed by atoms with van der Waals surface area (Å²) in [5.74, 6) is 0.305. The standard InChI is InChI=1S/C10H14BrNO/c1-7-3-2-4-8(9(7)6-12)10(13)5-11/h2-3,7-10,13H,4-5H2,1H3/t7-,8+,9-,10-/m1/s1. The Labute approximate surface area is 87.4 Å². The van der Waals surface area contributed by atoms with Gasteiger partial charge in [-0.3, -0.25) is 0 Å². The van der Waals surface area contributed by atoms with E-state index in [-0.39, 0.29) is 17.8 Å². The molecule has 0 bridgehead atoms. The number of nitrogens with zero attached hydrogens (tertiary/aromatic N) is 1. The summed E-state index contributed by atoms with van der Waals surface area (Å²) in [6.45, 7) is 2.03. The molecule has 0 saturated carbocycles. The van der Waals surface area contributed by atoms with Crippen molar-refractivity contribution in [1.82, 2.24) is 0 Å². The van der Waals surface area contributed by atoms with Crippen molar-refractivity contribution < 1.29 is 5.11 Å². The molecule has 0 heterocycles. The molecule has 2 nitrogen and oxygen atoms in total. The summed E-state index contributed by atoms with van der Waals surface area (Å²) in [5.41, 5.74) is 0. The van der Waals surface area contributed by atoms with Crippen molar-refractivity contribution in [3.05, 3.63) is 12.2 Å². The summed E-state index contributed by atoms with van der Waals surface area (Å²) in [5, 5.41) is 19.2. The van der Waals surface area contributed by atoms with E-state index in [0.29, 0.717) is 5.33 Å². The molecule has 0 saturated heterocycles. The fourth-order valence-corrected chi connectivity index (χ4v) is 2.31. The third kappa shape index (κ3) is 2.32. The monoisotopic (exact) mass is 243 g/mol. The largest absolute Gasteiger partial charge is 0.392 e. The Morgan fingerprint density at radius 2 is 2.46 bits per heavy atom. The highest BCUT2D eigenvalue weighted by Gasteiger charge is 2.32.